The predicted octanol–water partition coefficient (Wildman–Crippen LogP) is 2.39. The zero-order valence-corrected chi connectivity index (χ0v) is 10.8. The molecule has 0 amide bonds. The molecule has 0 bridgehead atoms. The van der Waals surface area contributed by atoms with E-state index in [-0.39, 0.29) is 0 Å². The maximum atomic E-state index is 10.3. The molecule has 2 aliphatic rings. The van der Waals surface area contributed by atoms with Crippen LogP contribution in [0.4, 0.5) is 0 Å². The summed E-state index contributed by atoms with van der Waals surface area (Å²) in [7, 11) is 0. The van der Waals surface area contributed by atoms with Crippen molar-refractivity contribution in [3.05, 3.63) is 0 Å². The summed E-state index contributed by atoms with van der Waals surface area (Å²) in [5.74, 6) is 0. The molecule has 0 heterocycles. The molecule has 3 nitrogen and oxygen atoms in total. The van der Waals surface area contributed by atoms with E-state index in [0.717, 1.165) is 51.4 Å². The second kappa shape index (κ2) is 5.68. The highest BCUT2D eigenvalue weighted by Gasteiger charge is 2.33. The van der Waals surface area contributed by atoms with E-state index in [2.05, 4.69) is 0 Å². The van der Waals surface area contributed by atoms with Gasteiger partial charge in [-0.15, -0.1) is 0 Å². The van der Waals surface area contributed by atoms with Gasteiger partial charge in [0.05, 0.1) is 24.4 Å². The minimum atomic E-state index is -0.622. The molecule has 17 heavy (non-hydrogen) atoms. The Morgan fingerprint density at radius 2 is 1.00 bits per heavy atom. The zero-order chi connectivity index (χ0) is 12.2. The minimum absolute atomic E-state index is 0.398. The van der Waals surface area contributed by atoms with Crippen LogP contribution < -0.4 is 0 Å². The van der Waals surface area contributed by atoms with Crippen LogP contribution in [0.15, 0.2) is 0 Å². The van der Waals surface area contributed by atoms with Crippen LogP contribution in [0.1, 0.15) is 64.2 Å². The van der Waals surface area contributed by atoms with Crippen LogP contribution in [0, 0.1) is 0 Å². The topological polar surface area (TPSA) is 49.7 Å². The van der Waals surface area contributed by atoms with Gasteiger partial charge in [0.2, 0.25) is 0 Å². The Bertz CT molecular complexity index is 204. The normalized spacial score (nSPS) is 27.9. The van der Waals surface area contributed by atoms with E-state index in [1.807, 2.05) is 0 Å². The summed E-state index contributed by atoms with van der Waals surface area (Å²) in [6, 6.07) is 0. The van der Waals surface area contributed by atoms with Gasteiger partial charge in [0.1, 0.15) is 0 Å². The van der Waals surface area contributed by atoms with E-state index in [0.29, 0.717) is 13.2 Å². The van der Waals surface area contributed by atoms with E-state index >= 15 is 0 Å². The Balaban J connectivity index is 1.70. The van der Waals surface area contributed by atoms with Crippen molar-refractivity contribution in [2.75, 3.05) is 13.2 Å². The molecule has 2 saturated carbocycles. The van der Waals surface area contributed by atoms with E-state index in [4.69, 9.17) is 4.74 Å². The van der Waals surface area contributed by atoms with Crippen molar-refractivity contribution in [1.82, 2.24) is 0 Å². The van der Waals surface area contributed by atoms with Gasteiger partial charge in [0, 0.05) is 0 Å². The van der Waals surface area contributed by atoms with Gasteiger partial charge >= 0.3 is 0 Å². The van der Waals surface area contributed by atoms with Crippen LogP contribution in [-0.2, 0) is 4.74 Å². The van der Waals surface area contributed by atoms with Gasteiger partial charge in [0.15, 0.2) is 0 Å². The molecule has 2 N–H and O–H groups in total. The number of hydrogen-bond donors (Lipinski definition) is 2. The van der Waals surface area contributed by atoms with E-state index in [9.17, 15) is 10.2 Å². The number of rotatable bonds is 4. The maximum absolute atomic E-state index is 10.3. The fraction of sp³-hybridized carbons (Fsp3) is 1.00. The van der Waals surface area contributed by atoms with Gasteiger partial charge in [-0.25, -0.2) is 0 Å². The van der Waals surface area contributed by atoms with Gasteiger partial charge in [0.25, 0.3) is 0 Å². The molecule has 0 aromatic rings. The first-order valence-corrected chi connectivity index (χ1v) is 7.15. The summed E-state index contributed by atoms with van der Waals surface area (Å²) in [6.45, 7) is 0.796. The van der Waals surface area contributed by atoms with Gasteiger partial charge < -0.3 is 14.9 Å². The molecule has 0 aliphatic heterocycles. The van der Waals surface area contributed by atoms with Crippen molar-refractivity contribution in [3.8, 4) is 0 Å². The molecule has 3 heteroatoms. The highest BCUT2D eigenvalue weighted by molar-refractivity contribution is 4.85. The third-order valence-corrected chi connectivity index (χ3v) is 4.31. The van der Waals surface area contributed by atoms with Crippen molar-refractivity contribution in [2.45, 2.75) is 75.4 Å². The Labute approximate surface area is 104 Å². The van der Waals surface area contributed by atoms with Crippen LogP contribution in [0.2, 0.25) is 0 Å². The number of ether oxygens (including phenoxy) is 1. The first-order chi connectivity index (χ1) is 8.12. The summed E-state index contributed by atoms with van der Waals surface area (Å²) in [5, 5.41) is 20.6. The largest absolute Gasteiger partial charge is 0.387 e. The Kier molecular flexibility index (Phi) is 4.45. The van der Waals surface area contributed by atoms with E-state index < -0.39 is 11.2 Å². The lowest BCUT2D eigenvalue weighted by molar-refractivity contribution is -0.117. The van der Waals surface area contributed by atoms with Crippen LogP contribution in [-0.4, -0.2) is 34.6 Å². The molecule has 2 aliphatic carbocycles. The first kappa shape index (κ1) is 13.3. The van der Waals surface area contributed by atoms with Gasteiger partial charge in [-0.3, -0.25) is 0 Å². The molecule has 0 unspecified atom stereocenters. The van der Waals surface area contributed by atoms with Crippen LogP contribution in [0.3, 0.4) is 0 Å². The molecular formula is C14H26O3. The molecule has 0 saturated heterocycles. The molecule has 0 radical (unpaired) electrons. The molecule has 0 spiro atoms. The Hall–Kier alpha value is -0.120. The summed E-state index contributed by atoms with van der Waals surface area (Å²) in [6.07, 6.45) is 10.3. The van der Waals surface area contributed by atoms with Gasteiger partial charge in [-0.1, -0.05) is 38.5 Å². The summed E-state index contributed by atoms with van der Waals surface area (Å²) < 4.78 is 5.62. The highest BCUT2D eigenvalue weighted by atomic mass is 16.5. The second-order valence-corrected chi connectivity index (χ2v) is 6.06. The summed E-state index contributed by atoms with van der Waals surface area (Å²) >= 11 is 0. The fourth-order valence-corrected chi connectivity index (χ4v) is 3.14. The molecule has 2 rings (SSSR count). The van der Waals surface area contributed by atoms with Crippen molar-refractivity contribution in [3.63, 3.8) is 0 Å². The van der Waals surface area contributed by atoms with Crippen molar-refractivity contribution in [1.29, 1.82) is 0 Å². The first-order valence-electron chi connectivity index (χ1n) is 7.15. The lowest BCUT2D eigenvalue weighted by Crippen LogP contribution is -2.41. The molecule has 0 atom stereocenters. The molecular weight excluding hydrogens is 216 g/mol. The van der Waals surface area contributed by atoms with Crippen molar-refractivity contribution in [2.24, 2.45) is 0 Å². The zero-order valence-electron chi connectivity index (χ0n) is 10.8. The fourth-order valence-electron chi connectivity index (χ4n) is 3.14. The van der Waals surface area contributed by atoms with Crippen molar-refractivity contribution >= 4 is 0 Å². The Morgan fingerprint density at radius 3 is 1.35 bits per heavy atom. The van der Waals surface area contributed by atoms with E-state index in [1.54, 1.807) is 0 Å². The second-order valence-electron chi connectivity index (χ2n) is 6.06. The van der Waals surface area contributed by atoms with Crippen LogP contribution >= 0.6 is 0 Å². The average Bonchev–Trinajstić information content (AvgIpc) is 2.30. The lowest BCUT2D eigenvalue weighted by atomic mass is 9.84. The molecule has 0 aromatic carbocycles. The molecule has 0 aromatic heterocycles. The lowest BCUT2D eigenvalue weighted by Gasteiger charge is -2.35. The van der Waals surface area contributed by atoms with Gasteiger partial charge in [-0.2, -0.15) is 0 Å². The maximum Gasteiger partial charge on any atom is 0.0880 e. The monoisotopic (exact) mass is 242 g/mol. The average molecular weight is 242 g/mol. The van der Waals surface area contributed by atoms with Crippen LogP contribution in [0.25, 0.3) is 0 Å². The predicted molar refractivity (Wildman–Crippen MR) is 66.9 cm³/mol. The van der Waals surface area contributed by atoms with E-state index in [1.165, 1.54) is 12.8 Å². The number of aliphatic hydroxyl groups is 2. The SMILES string of the molecule is OC1(COCC2(O)CCCCC2)CCCCC1. The Morgan fingerprint density at radius 1 is 0.647 bits per heavy atom. The quantitative estimate of drug-likeness (QED) is 0.796. The number of hydrogen-bond acceptors (Lipinski definition) is 3. The van der Waals surface area contributed by atoms with Gasteiger partial charge in [-0.05, 0) is 25.7 Å². The minimum Gasteiger partial charge on any atom is -0.387 e. The highest BCUT2D eigenvalue weighted by Crippen LogP contribution is 2.31. The summed E-state index contributed by atoms with van der Waals surface area (Å²) in [5.41, 5.74) is -1.24. The standard InChI is InChI=1S/C14H26O3/c15-13(7-3-1-4-8-13)11-17-12-14(16)9-5-2-6-10-14/h15-16H,1-12H2. The van der Waals surface area contributed by atoms with Crippen LogP contribution in [0.5, 0.6) is 0 Å². The summed E-state index contributed by atoms with van der Waals surface area (Å²) in [4.78, 5) is 0. The molecule has 100 valence electrons. The third-order valence-electron chi connectivity index (χ3n) is 4.31. The smallest absolute Gasteiger partial charge is 0.0880 e. The molecule has 2 fully saturated rings. The van der Waals surface area contributed by atoms with Crippen molar-refractivity contribution < 1.29 is 14.9 Å². The third kappa shape index (κ3) is 3.94.